The zero-order valence-corrected chi connectivity index (χ0v) is 16.2. The molecule has 8 nitrogen and oxygen atoms in total. The summed E-state index contributed by atoms with van der Waals surface area (Å²) in [6.45, 7) is 0.507. The number of carbonyl (C=O) groups is 1. The van der Waals surface area contributed by atoms with Gasteiger partial charge in [-0.15, -0.1) is 0 Å². The van der Waals surface area contributed by atoms with E-state index < -0.39 is 6.23 Å². The molecule has 1 unspecified atom stereocenters. The predicted molar refractivity (Wildman–Crippen MR) is 112 cm³/mol. The number of ketones is 1. The van der Waals surface area contributed by atoms with Gasteiger partial charge in [0.15, 0.2) is 18.0 Å². The van der Waals surface area contributed by atoms with Crippen LogP contribution < -0.4 is 26.8 Å². The van der Waals surface area contributed by atoms with E-state index in [4.69, 9.17) is 16.2 Å². The number of aliphatic hydroxyl groups is 1. The first-order valence-electron chi connectivity index (χ1n) is 9.21. The second-order valence-corrected chi connectivity index (χ2v) is 6.49. The maximum Gasteiger partial charge on any atom is 0.198 e. The number of carbonyl (C=O) groups excluding carboxylic acids is 1. The van der Waals surface area contributed by atoms with E-state index in [9.17, 15) is 9.90 Å². The minimum atomic E-state index is -1.00. The molecule has 0 aliphatic carbocycles. The van der Waals surface area contributed by atoms with Gasteiger partial charge in [0.25, 0.3) is 0 Å². The Kier molecular flexibility index (Phi) is 6.61. The number of rotatable bonds is 7. The SMILES string of the molecule is COc1ccc(C2=C(CN)C(O)NC(=NCC(=O)c3ccc(CN)cc3)N2)cc1. The fraction of sp³-hybridized carbons (Fsp3) is 0.238. The van der Waals surface area contributed by atoms with Gasteiger partial charge in [-0.3, -0.25) is 4.79 Å². The monoisotopic (exact) mass is 395 g/mol. The number of aliphatic hydroxyl groups excluding tert-OH is 1. The average Bonchev–Trinajstić information content (AvgIpc) is 2.77. The van der Waals surface area contributed by atoms with Crippen molar-refractivity contribution >= 4 is 17.4 Å². The Hall–Kier alpha value is -3.20. The summed E-state index contributed by atoms with van der Waals surface area (Å²) in [5.41, 5.74) is 15.0. The van der Waals surface area contributed by atoms with Gasteiger partial charge in [-0.2, -0.15) is 0 Å². The normalized spacial score (nSPS) is 17.7. The molecular formula is C21H25N5O3. The van der Waals surface area contributed by atoms with Crippen LogP contribution in [0.25, 0.3) is 5.70 Å². The molecule has 0 bridgehead atoms. The van der Waals surface area contributed by atoms with Crippen molar-refractivity contribution in [1.29, 1.82) is 0 Å². The molecule has 8 heteroatoms. The Labute approximate surface area is 169 Å². The number of nitrogens with one attached hydrogen (secondary N) is 2. The molecule has 2 aromatic carbocycles. The second-order valence-electron chi connectivity index (χ2n) is 6.49. The van der Waals surface area contributed by atoms with Gasteiger partial charge in [-0.1, -0.05) is 24.3 Å². The zero-order valence-electron chi connectivity index (χ0n) is 16.2. The highest BCUT2D eigenvalue weighted by Gasteiger charge is 2.24. The molecule has 1 atom stereocenters. The number of nitrogens with two attached hydrogens (primary N) is 2. The molecule has 0 saturated carbocycles. The maximum absolute atomic E-state index is 12.4. The van der Waals surface area contributed by atoms with E-state index in [1.807, 2.05) is 36.4 Å². The fourth-order valence-corrected chi connectivity index (χ4v) is 2.97. The highest BCUT2D eigenvalue weighted by Crippen LogP contribution is 2.22. The number of aliphatic imine (C=N–C) groups is 1. The van der Waals surface area contributed by atoms with Crippen LogP contribution in [0.4, 0.5) is 0 Å². The highest BCUT2D eigenvalue weighted by molar-refractivity contribution is 6.00. The number of guanidine groups is 1. The average molecular weight is 395 g/mol. The topological polar surface area (TPSA) is 135 Å². The number of ether oxygens (including phenoxy) is 1. The molecular weight excluding hydrogens is 370 g/mol. The van der Waals surface area contributed by atoms with Crippen molar-refractivity contribution in [2.24, 2.45) is 16.5 Å². The van der Waals surface area contributed by atoms with Crippen LogP contribution in [0.3, 0.4) is 0 Å². The largest absolute Gasteiger partial charge is 0.497 e. The lowest BCUT2D eigenvalue weighted by atomic mass is 10.0. The minimum Gasteiger partial charge on any atom is -0.497 e. The third-order valence-corrected chi connectivity index (χ3v) is 4.66. The number of methoxy groups -OCH3 is 1. The molecule has 0 spiro atoms. The van der Waals surface area contributed by atoms with Crippen LogP contribution in [-0.2, 0) is 6.54 Å². The van der Waals surface area contributed by atoms with Crippen LogP contribution in [0.1, 0.15) is 21.5 Å². The van der Waals surface area contributed by atoms with Crippen LogP contribution >= 0.6 is 0 Å². The molecule has 0 saturated heterocycles. The van der Waals surface area contributed by atoms with Crippen molar-refractivity contribution < 1.29 is 14.6 Å². The van der Waals surface area contributed by atoms with E-state index in [1.54, 1.807) is 19.2 Å². The summed E-state index contributed by atoms with van der Waals surface area (Å²) in [5.74, 6) is 0.879. The van der Waals surface area contributed by atoms with Crippen LogP contribution in [0, 0.1) is 0 Å². The lowest BCUT2D eigenvalue weighted by Crippen LogP contribution is -2.50. The predicted octanol–water partition coefficient (Wildman–Crippen LogP) is 0.574. The van der Waals surface area contributed by atoms with Gasteiger partial charge >= 0.3 is 0 Å². The fourth-order valence-electron chi connectivity index (χ4n) is 2.97. The molecule has 3 rings (SSSR count). The summed E-state index contributed by atoms with van der Waals surface area (Å²) >= 11 is 0. The third kappa shape index (κ3) is 4.80. The van der Waals surface area contributed by atoms with E-state index in [0.29, 0.717) is 29.3 Å². The van der Waals surface area contributed by atoms with Crippen molar-refractivity contribution in [2.75, 3.05) is 20.2 Å². The van der Waals surface area contributed by atoms with Crippen molar-refractivity contribution in [3.8, 4) is 5.75 Å². The standard InChI is InChI=1S/C21H25N5O3/c1-29-16-8-6-15(7-9-16)19-17(11-23)20(28)26-21(25-19)24-12-18(27)14-4-2-13(10-22)3-5-14/h2-9,20,28H,10-12,22-23H2,1H3,(H2,24,25,26). The van der Waals surface area contributed by atoms with Gasteiger partial charge in [0.2, 0.25) is 0 Å². The van der Waals surface area contributed by atoms with Crippen molar-refractivity contribution in [3.63, 3.8) is 0 Å². The Morgan fingerprint density at radius 3 is 2.38 bits per heavy atom. The second kappa shape index (κ2) is 9.33. The lowest BCUT2D eigenvalue weighted by molar-refractivity contribution is 0.100. The molecule has 0 aromatic heterocycles. The molecule has 0 fully saturated rings. The van der Waals surface area contributed by atoms with Crippen LogP contribution in [0.5, 0.6) is 5.75 Å². The molecule has 7 N–H and O–H groups in total. The lowest BCUT2D eigenvalue weighted by Gasteiger charge is -2.29. The molecule has 152 valence electrons. The number of Topliss-reactive ketones (excluding diaryl/α,β-unsaturated/α-hetero) is 1. The Morgan fingerprint density at radius 2 is 1.79 bits per heavy atom. The first-order valence-corrected chi connectivity index (χ1v) is 9.21. The highest BCUT2D eigenvalue weighted by atomic mass is 16.5. The van der Waals surface area contributed by atoms with Crippen molar-refractivity contribution in [1.82, 2.24) is 10.6 Å². The first kappa shape index (κ1) is 20.5. The third-order valence-electron chi connectivity index (χ3n) is 4.66. The molecule has 0 radical (unpaired) electrons. The zero-order chi connectivity index (χ0) is 20.8. The van der Waals surface area contributed by atoms with E-state index >= 15 is 0 Å². The van der Waals surface area contributed by atoms with Crippen LogP contribution in [-0.4, -0.2) is 43.3 Å². The van der Waals surface area contributed by atoms with Gasteiger partial charge in [0.1, 0.15) is 12.3 Å². The molecule has 2 aromatic rings. The number of benzene rings is 2. The number of hydrogen-bond acceptors (Lipinski definition) is 6. The summed E-state index contributed by atoms with van der Waals surface area (Å²) in [4.78, 5) is 16.7. The summed E-state index contributed by atoms with van der Waals surface area (Å²) < 4.78 is 5.18. The van der Waals surface area contributed by atoms with Gasteiger partial charge in [-0.25, -0.2) is 4.99 Å². The van der Waals surface area contributed by atoms with E-state index in [1.165, 1.54) is 0 Å². The van der Waals surface area contributed by atoms with E-state index in [2.05, 4.69) is 15.6 Å². The first-order chi connectivity index (χ1) is 14.0. The van der Waals surface area contributed by atoms with E-state index in [-0.39, 0.29) is 18.9 Å². The van der Waals surface area contributed by atoms with Crippen LogP contribution in [0.2, 0.25) is 0 Å². The summed E-state index contributed by atoms with van der Waals surface area (Å²) in [6, 6.07) is 14.5. The summed E-state index contributed by atoms with van der Waals surface area (Å²) in [7, 11) is 1.59. The van der Waals surface area contributed by atoms with Gasteiger partial charge in [0, 0.05) is 24.2 Å². The Morgan fingerprint density at radius 1 is 1.10 bits per heavy atom. The Bertz CT molecular complexity index is 920. The Balaban J connectivity index is 1.78. The van der Waals surface area contributed by atoms with Gasteiger partial charge < -0.3 is 31.9 Å². The smallest absolute Gasteiger partial charge is 0.198 e. The number of hydrogen-bond donors (Lipinski definition) is 5. The quantitative estimate of drug-likeness (QED) is 0.433. The molecule has 1 aliphatic heterocycles. The summed E-state index contributed by atoms with van der Waals surface area (Å²) in [6.07, 6.45) is -1.00. The number of nitrogens with zero attached hydrogens (tertiary/aromatic N) is 1. The van der Waals surface area contributed by atoms with E-state index in [0.717, 1.165) is 16.9 Å². The minimum absolute atomic E-state index is 0.0716. The molecule has 0 amide bonds. The molecule has 1 aliphatic rings. The van der Waals surface area contributed by atoms with Gasteiger partial charge in [-0.05, 0) is 35.4 Å². The molecule has 1 heterocycles. The summed E-state index contributed by atoms with van der Waals surface area (Å²) in [5, 5.41) is 16.4. The van der Waals surface area contributed by atoms with Gasteiger partial charge in [0.05, 0.1) is 12.8 Å². The van der Waals surface area contributed by atoms with Crippen LogP contribution in [0.15, 0.2) is 59.1 Å². The molecule has 29 heavy (non-hydrogen) atoms. The van der Waals surface area contributed by atoms with Crippen molar-refractivity contribution in [2.45, 2.75) is 12.8 Å². The maximum atomic E-state index is 12.4. The van der Waals surface area contributed by atoms with Crippen molar-refractivity contribution in [3.05, 3.63) is 70.8 Å².